The van der Waals surface area contributed by atoms with Gasteiger partial charge in [-0.15, -0.1) is 5.10 Å². The first-order chi connectivity index (χ1) is 11.7. The Kier molecular flexibility index (Phi) is 5.13. The first kappa shape index (κ1) is 16.1. The molecule has 0 spiro atoms. The van der Waals surface area contributed by atoms with Crippen molar-refractivity contribution in [1.29, 1.82) is 0 Å². The normalized spacial score (nSPS) is 10.4. The van der Waals surface area contributed by atoms with Gasteiger partial charge in [-0.2, -0.15) is 0 Å². The first-order valence-electron chi connectivity index (χ1n) is 7.46. The maximum absolute atomic E-state index is 11.9. The lowest BCUT2D eigenvalue weighted by Gasteiger charge is -2.06. The molecule has 6 heteroatoms. The fraction of sp³-hybridized carbons (Fsp3) is 0.111. The molecule has 0 aliphatic carbocycles. The topological polar surface area (TPSA) is 56.1 Å². The third kappa shape index (κ3) is 4.14. The molecule has 5 nitrogen and oxygen atoms in total. The molecule has 3 rings (SSSR count). The van der Waals surface area contributed by atoms with Gasteiger partial charge in [0.2, 0.25) is 0 Å². The molecule has 3 aromatic rings. The zero-order valence-electron chi connectivity index (χ0n) is 12.9. The quantitative estimate of drug-likeness (QED) is 0.749. The summed E-state index contributed by atoms with van der Waals surface area (Å²) < 4.78 is 7.02. The average molecular weight is 342 g/mol. The number of hydrogen-bond acceptors (Lipinski definition) is 3. The highest BCUT2D eigenvalue weighted by Gasteiger charge is 2.11. The second-order valence-electron chi connectivity index (χ2n) is 5.11. The van der Waals surface area contributed by atoms with Crippen LogP contribution in [0.25, 0.3) is 5.69 Å². The molecular formula is C18H16ClN3O2. The molecule has 0 bridgehead atoms. The van der Waals surface area contributed by atoms with E-state index < -0.39 is 0 Å². The lowest BCUT2D eigenvalue weighted by molar-refractivity contribution is -0.123. The van der Waals surface area contributed by atoms with E-state index in [1.54, 1.807) is 10.9 Å². The van der Waals surface area contributed by atoms with Crippen LogP contribution < -0.4 is 10.1 Å². The van der Waals surface area contributed by atoms with Gasteiger partial charge in [-0.3, -0.25) is 4.79 Å². The summed E-state index contributed by atoms with van der Waals surface area (Å²) in [5, 5.41) is 7.39. The molecule has 1 amide bonds. The SMILES string of the molecule is O=C(COc1nn(-c2ccccc2)cc1Cl)NCc1ccccc1. The lowest BCUT2D eigenvalue weighted by atomic mass is 10.2. The van der Waals surface area contributed by atoms with Crippen molar-refractivity contribution in [3.63, 3.8) is 0 Å². The van der Waals surface area contributed by atoms with E-state index in [-0.39, 0.29) is 18.4 Å². The molecule has 0 saturated heterocycles. The maximum atomic E-state index is 11.9. The summed E-state index contributed by atoms with van der Waals surface area (Å²) in [6.07, 6.45) is 1.65. The van der Waals surface area contributed by atoms with E-state index in [4.69, 9.17) is 16.3 Å². The van der Waals surface area contributed by atoms with Gasteiger partial charge in [0.05, 0.1) is 11.9 Å². The molecule has 1 N–H and O–H groups in total. The molecule has 2 aromatic carbocycles. The van der Waals surface area contributed by atoms with Crippen LogP contribution in [0.1, 0.15) is 5.56 Å². The molecule has 1 aromatic heterocycles. The minimum atomic E-state index is -0.232. The van der Waals surface area contributed by atoms with Gasteiger partial charge in [0.15, 0.2) is 6.61 Å². The van der Waals surface area contributed by atoms with Gasteiger partial charge in [-0.25, -0.2) is 4.68 Å². The summed E-state index contributed by atoms with van der Waals surface area (Å²) in [5.74, 6) is -0.000406. The number of hydrogen-bond donors (Lipinski definition) is 1. The highest BCUT2D eigenvalue weighted by atomic mass is 35.5. The van der Waals surface area contributed by atoms with Crippen molar-refractivity contribution in [2.75, 3.05) is 6.61 Å². The number of aromatic nitrogens is 2. The van der Waals surface area contributed by atoms with Crippen LogP contribution in [0.3, 0.4) is 0 Å². The molecule has 0 aliphatic rings. The van der Waals surface area contributed by atoms with E-state index in [1.165, 1.54) is 0 Å². The van der Waals surface area contributed by atoms with Crippen molar-refractivity contribution in [1.82, 2.24) is 15.1 Å². The Balaban J connectivity index is 1.55. The van der Waals surface area contributed by atoms with Crippen molar-refractivity contribution >= 4 is 17.5 Å². The van der Waals surface area contributed by atoms with E-state index in [1.807, 2.05) is 60.7 Å². The molecule has 122 valence electrons. The van der Waals surface area contributed by atoms with Crippen LogP contribution in [-0.4, -0.2) is 22.3 Å². The molecule has 0 aliphatic heterocycles. The lowest BCUT2D eigenvalue weighted by Crippen LogP contribution is -2.28. The van der Waals surface area contributed by atoms with Crippen LogP contribution >= 0.6 is 11.6 Å². The fourth-order valence-corrected chi connectivity index (χ4v) is 2.31. The zero-order valence-corrected chi connectivity index (χ0v) is 13.6. The third-order valence-electron chi connectivity index (χ3n) is 3.33. The highest BCUT2D eigenvalue weighted by molar-refractivity contribution is 6.31. The Morgan fingerprint density at radius 2 is 1.75 bits per heavy atom. The second kappa shape index (κ2) is 7.66. The number of rotatable bonds is 6. The van der Waals surface area contributed by atoms with Crippen molar-refractivity contribution in [3.8, 4) is 11.6 Å². The van der Waals surface area contributed by atoms with Crippen molar-refractivity contribution in [3.05, 3.63) is 77.4 Å². The molecule has 0 radical (unpaired) electrons. The van der Waals surface area contributed by atoms with Gasteiger partial charge in [0, 0.05) is 6.54 Å². The minimum Gasteiger partial charge on any atom is -0.465 e. The molecule has 0 unspecified atom stereocenters. The van der Waals surface area contributed by atoms with Gasteiger partial charge >= 0.3 is 0 Å². The highest BCUT2D eigenvalue weighted by Crippen LogP contribution is 2.23. The van der Waals surface area contributed by atoms with Crippen LogP contribution in [0.15, 0.2) is 66.9 Å². The van der Waals surface area contributed by atoms with Gasteiger partial charge in [0.1, 0.15) is 5.02 Å². The molecular weight excluding hydrogens is 326 g/mol. The number of nitrogens with one attached hydrogen (secondary N) is 1. The van der Waals surface area contributed by atoms with Crippen LogP contribution in [0.2, 0.25) is 5.02 Å². The summed E-state index contributed by atoms with van der Waals surface area (Å²) in [6, 6.07) is 19.2. The standard InChI is InChI=1S/C18H16ClN3O2/c19-16-12-22(15-9-5-2-6-10-15)21-18(16)24-13-17(23)20-11-14-7-3-1-4-8-14/h1-10,12H,11,13H2,(H,20,23). The Bertz CT molecular complexity index is 804. The second-order valence-corrected chi connectivity index (χ2v) is 5.52. The minimum absolute atomic E-state index is 0.141. The monoisotopic (exact) mass is 341 g/mol. The van der Waals surface area contributed by atoms with Crippen LogP contribution in [0.5, 0.6) is 5.88 Å². The number of para-hydroxylation sites is 1. The molecule has 0 saturated carbocycles. The van der Waals surface area contributed by atoms with Crippen LogP contribution in [-0.2, 0) is 11.3 Å². The smallest absolute Gasteiger partial charge is 0.258 e. The van der Waals surface area contributed by atoms with Crippen LogP contribution in [0, 0.1) is 0 Å². The number of carbonyl (C=O) groups is 1. The van der Waals surface area contributed by atoms with E-state index in [0.717, 1.165) is 11.3 Å². The van der Waals surface area contributed by atoms with Gasteiger partial charge in [0.25, 0.3) is 11.8 Å². The molecule has 1 heterocycles. The fourth-order valence-electron chi connectivity index (χ4n) is 2.13. The number of nitrogens with zero attached hydrogens (tertiary/aromatic N) is 2. The third-order valence-corrected chi connectivity index (χ3v) is 3.59. The predicted molar refractivity (Wildman–Crippen MR) is 92.4 cm³/mol. The Hall–Kier alpha value is -2.79. The average Bonchev–Trinajstić information content (AvgIpc) is 3.01. The van der Waals surface area contributed by atoms with Gasteiger partial charge in [-0.05, 0) is 17.7 Å². The Labute approximate surface area is 144 Å². The van der Waals surface area contributed by atoms with E-state index >= 15 is 0 Å². The largest absolute Gasteiger partial charge is 0.465 e. The summed E-state index contributed by atoms with van der Waals surface area (Å²) in [4.78, 5) is 11.9. The zero-order chi connectivity index (χ0) is 16.8. The predicted octanol–water partition coefficient (Wildman–Crippen LogP) is 3.22. The van der Waals surface area contributed by atoms with Gasteiger partial charge < -0.3 is 10.1 Å². The Morgan fingerprint density at radius 1 is 1.08 bits per heavy atom. The molecule has 0 atom stereocenters. The number of benzene rings is 2. The van der Waals surface area contributed by atoms with Gasteiger partial charge in [-0.1, -0.05) is 60.1 Å². The van der Waals surface area contributed by atoms with Crippen molar-refractivity contribution in [2.45, 2.75) is 6.54 Å². The van der Waals surface area contributed by atoms with Crippen LogP contribution in [0.4, 0.5) is 0 Å². The summed E-state index contributed by atoms with van der Waals surface area (Å²) in [6.45, 7) is 0.313. The summed E-state index contributed by atoms with van der Waals surface area (Å²) in [5.41, 5.74) is 1.89. The Morgan fingerprint density at radius 3 is 2.46 bits per heavy atom. The summed E-state index contributed by atoms with van der Waals surface area (Å²) in [7, 11) is 0. The number of ether oxygens (including phenoxy) is 1. The molecule has 0 fully saturated rings. The number of amides is 1. The number of carbonyl (C=O) groups excluding carboxylic acids is 1. The van der Waals surface area contributed by atoms with E-state index in [2.05, 4.69) is 10.4 Å². The van der Waals surface area contributed by atoms with Crippen molar-refractivity contribution < 1.29 is 9.53 Å². The molecule has 24 heavy (non-hydrogen) atoms. The van der Waals surface area contributed by atoms with E-state index in [0.29, 0.717) is 11.6 Å². The first-order valence-corrected chi connectivity index (χ1v) is 7.84. The summed E-state index contributed by atoms with van der Waals surface area (Å²) >= 11 is 6.11. The maximum Gasteiger partial charge on any atom is 0.258 e. The number of halogens is 1. The van der Waals surface area contributed by atoms with Crippen molar-refractivity contribution in [2.24, 2.45) is 0 Å². The van der Waals surface area contributed by atoms with E-state index in [9.17, 15) is 4.79 Å².